The molecule has 10 nitrogen and oxygen atoms in total. The van der Waals surface area contributed by atoms with E-state index in [0.717, 1.165) is 11.8 Å². The predicted molar refractivity (Wildman–Crippen MR) is 142 cm³/mol. The second-order valence-electron chi connectivity index (χ2n) is 8.56. The Labute approximate surface area is 223 Å². The number of hydrogen-bond acceptors (Lipinski definition) is 7. The number of nitrogens with zero attached hydrogens (tertiary/aromatic N) is 2. The van der Waals surface area contributed by atoms with Crippen molar-refractivity contribution < 1.29 is 31.1 Å². The first kappa shape index (κ1) is 29.2. The number of morpholine rings is 1. The lowest BCUT2D eigenvalue weighted by Crippen LogP contribution is -2.40. The molecule has 1 amide bonds. The van der Waals surface area contributed by atoms with Crippen molar-refractivity contribution in [2.24, 2.45) is 0 Å². The van der Waals surface area contributed by atoms with Crippen LogP contribution in [0.1, 0.15) is 18.4 Å². The molecule has 3 rings (SSSR count). The van der Waals surface area contributed by atoms with Crippen molar-refractivity contribution >= 4 is 43.2 Å². The molecule has 1 fully saturated rings. The highest BCUT2D eigenvalue weighted by atomic mass is 35.5. The van der Waals surface area contributed by atoms with Crippen LogP contribution in [0.2, 0.25) is 5.02 Å². The molecule has 0 bridgehead atoms. The minimum Gasteiger partial charge on any atom is -0.492 e. The maximum absolute atomic E-state index is 12.7. The van der Waals surface area contributed by atoms with Crippen molar-refractivity contribution in [1.82, 2.24) is 9.62 Å². The fraction of sp³-hybridized carbons (Fsp3) is 0.458. The zero-order valence-corrected chi connectivity index (χ0v) is 23.2. The van der Waals surface area contributed by atoms with Gasteiger partial charge in [-0.25, -0.2) is 16.8 Å². The molecule has 204 valence electrons. The van der Waals surface area contributed by atoms with Gasteiger partial charge in [0.05, 0.1) is 36.6 Å². The summed E-state index contributed by atoms with van der Waals surface area (Å²) in [5, 5.41) is 3.17. The molecule has 2 aromatic carbocycles. The van der Waals surface area contributed by atoms with E-state index in [1.807, 2.05) is 0 Å². The number of amides is 1. The summed E-state index contributed by atoms with van der Waals surface area (Å²) >= 11 is 6.04. The molecule has 0 spiro atoms. The predicted octanol–water partition coefficient (Wildman–Crippen LogP) is 2.41. The first-order chi connectivity index (χ1) is 17.5. The van der Waals surface area contributed by atoms with Gasteiger partial charge in [-0.1, -0.05) is 17.7 Å². The third kappa shape index (κ3) is 8.30. The Morgan fingerprint density at radius 1 is 1.11 bits per heavy atom. The fourth-order valence-corrected chi connectivity index (χ4v) is 6.38. The smallest absolute Gasteiger partial charge is 0.243 e. The maximum atomic E-state index is 12.7. The van der Waals surface area contributed by atoms with Crippen molar-refractivity contribution in [2.75, 3.05) is 56.6 Å². The Morgan fingerprint density at radius 3 is 2.43 bits per heavy atom. The Hall–Kier alpha value is -2.38. The van der Waals surface area contributed by atoms with Gasteiger partial charge >= 0.3 is 0 Å². The lowest BCUT2D eigenvalue weighted by atomic mass is 10.2. The SMILES string of the molecule is Cc1ccc(Cl)cc1N(CCCC(=O)NCCOc1ccc(S(=O)(=O)N2CCOCC2)cc1)S(C)(=O)=O. The summed E-state index contributed by atoms with van der Waals surface area (Å²) in [6.07, 6.45) is 1.58. The average molecular weight is 574 g/mol. The summed E-state index contributed by atoms with van der Waals surface area (Å²) in [6, 6.07) is 11.2. The highest BCUT2D eigenvalue weighted by Crippen LogP contribution is 2.26. The second-order valence-corrected chi connectivity index (χ2v) is 12.8. The minimum absolute atomic E-state index is 0.139. The third-order valence-electron chi connectivity index (χ3n) is 5.73. The molecule has 37 heavy (non-hydrogen) atoms. The topological polar surface area (TPSA) is 122 Å². The van der Waals surface area contributed by atoms with E-state index in [1.54, 1.807) is 37.3 Å². The van der Waals surface area contributed by atoms with Gasteiger partial charge in [0.15, 0.2) is 0 Å². The van der Waals surface area contributed by atoms with Crippen molar-refractivity contribution in [3.8, 4) is 5.75 Å². The molecule has 1 saturated heterocycles. The molecule has 0 aliphatic carbocycles. The van der Waals surface area contributed by atoms with E-state index in [9.17, 15) is 21.6 Å². The van der Waals surface area contributed by atoms with Crippen molar-refractivity contribution in [3.05, 3.63) is 53.1 Å². The van der Waals surface area contributed by atoms with Crippen LogP contribution in [-0.2, 0) is 29.6 Å². The van der Waals surface area contributed by atoms with Crippen LogP contribution in [0, 0.1) is 6.92 Å². The highest BCUT2D eigenvalue weighted by molar-refractivity contribution is 7.92. The normalized spacial score (nSPS) is 14.8. The first-order valence-corrected chi connectivity index (χ1v) is 15.5. The quantitative estimate of drug-likeness (QED) is 0.387. The molecule has 13 heteroatoms. The van der Waals surface area contributed by atoms with Gasteiger partial charge in [-0.15, -0.1) is 0 Å². The number of carbonyl (C=O) groups is 1. The largest absolute Gasteiger partial charge is 0.492 e. The lowest BCUT2D eigenvalue weighted by molar-refractivity contribution is -0.121. The molecule has 0 atom stereocenters. The Morgan fingerprint density at radius 2 is 1.78 bits per heavy atom. The van der Waals surface area contributed by atoms with E-state index in [-0.39, 0.29) is 36.9 Å². The van der Waals surface area contributed by atoms with E-state index in [4.69, 9.17) is 21.1 Å². The molecule has 2 aromatic rings. The first-order valence-electron chi connectivity index (χ1n) is 11.8. The van der Waals surface area contributed by atoms with Crippen LogP contribution in [0.15, 0.2) is 47.4 Å². The van der Waals surface area contributed by atoms with Gasteiger partial charge in [0.25, 0.3) is 0 Å². The van der Waals surface area contributed by atoms with Crippen molar-refractivity contribution in [2.45, 2.75) is 24.7 Å². The number of anilines is 1. The molecule has 1 N–H and O–H groups in total. The fourth-order valence-electron chi connectivity index (χ4n) is 3.79. The molecular formula is C24H32ClN3O7S2. The van der Waals surface area contributed by atoms with Crippen molar-refractivity contribution in [1.29, 1.82) is 0 Å². The number of hydrogen-bond donors (Lipinski definition) is 1. The number of halogens is 1. The van der Waals surface area contributed by atoms with Gasteiger partial charge in [0.1, 0.15) is 12.4 Å². The van der Waals surface area contributed by atoms with E-state index in [0.29, 0.717) is 49.2 Å². The van der Waals surface area contributed by atoms with E-state index >= 15 is 0 Å². The van der Waals surface area contributed by atoms with Crippen LogP contribution in [0.25, 0.3) is 0 Å². The van der Waals surface area contributed by atoms with Gasteiger partial charge in [-0.2, -0.15) is 4.31 Å². The van der Waals surface area contributed by atoms with Crippen molar-refractivity contribution in [3.63, 3.8) is 0 Å². The van der Waals surface area contributed by atoms with Gasteiger partial charge in [-0.05, 0) is 55.3 Å². The summed E-state index contributed by atoms with van der Waals surface area (Å²) in [4.78, 5) is 12.4. The van der Waals surface area contributed by atoms with Crippen LogP contribution >= 0.6 is 11.6 Å². The molecule has 0 aromatic heterocycles. The summed E-state index contributed by atoms with van der Waals surface area (Å²) in [6.45, 7) is 3.79. The van der Waals surface area contributed by atoms with Crippen LogP contribution in [0.4, 0.5) is 5.69 Å². The van der Waals surface area contributed by atoms with E-state index in [2.05, 4.69) is 5.32 Å². The molecule has 0 saturated carbocycles. The zero-order valence-electron chi connectivity index (χ0n) is 20.9. The molecule has 0 radical (unpaired) electrons. The van der Waals surface area contributed by atoms with E-state index in [1.165, 1.54) is 20.7 Å². The second kappa shape index (κ2) is 12.9. The molecule has 1 aliphatic heterocycles. The number of ether oxygens (including phenoxy) is 2. The Bertz CT molecular complexity index is 1280. The van der Waals surface area contributed by atoms with Gasteiger partial charge < -0.3 is 14.8 Å². The number of carbonyl (C=O) groups excluding carboxylic acids is 1. The lowest BCUT2D eigenvalue weighted by Gasteiger charge is -2.26. The number of nitrogens with one attached hydrogen (secondary N) is 1. The van der Waals surface area contributed by atoms with Crippen LogP contribution < -0.4 is 14.4 Å². The number of rotatable bonds is 12. The maximum Gasteiger partial charge on any atom is 0.243 e. The van der Waals surface area contributed by atoms with Gasteiger partial charge in [-0.3, -0.25) is 9.10 Å². The standard InChI is InChI=1S/C24H32ClN3O7S2/c1-19-5-6-20(25)18-23(19)28(36(2,30)31)12-3-4-24(29)26-11-15-35-21-7-9-22(10-8-21)37(32,33)27-13-16-34-17-14-27/h5-10,18H,3-4,11-17H2,1-2H3,(H,26,29). The Kier molecular flexibility index (Phi) is 10.2. The Balaban J connectivity index is 1.42. The van der Waals surface area contributed by atoms with Gasteiger partial charge in [0.2, 0.25) is 26.0 Å². The molecule has 1 aliphatic rings. The number of aryl methyl sites for hydroxylation is 1. The monoisotopic (exact) mass is 573 g/mol. The van der Waals surface area contributed by atoms with Crippen LogP contribution in [0.5, 0.6) is 5.75 Å². The number of benzene rings is 2. The average Bonchev–Trinajstić information content (AvgIpc) is 2.86. The van der Waals surface area contributed by atoms with E-state index < -0.39 is 20.0 Å². The third-order valence-corrected chi connectivity index (χ3v) is 9.06. The van der Waals surface area contributed by atoms with Gasteiger partial charge in [0, 0.05) is 31.1 Å². The van der Waals surface area contributed by atoms with Crippen LogP contribution in [0.3, 0.4) is 0 Å². The summed E-state index contributed by atoms with van der Waals surface area (Å²) in [7, 11) is -7.12. The molecule has 1 heterocycles. The number of sulfonamides is 2. The summed E-state index contributed by atoms with van der Waals surface area (Å²) in [5.41, 5.74) is 1.26. The zero-order chi connectivity index (χ0) is 27.1. The molecule has 0 unspecified atom stereocenters. The summed E-state index contributed by atoms with van der Waals surface area (Å²) < 4.78 is 63.4. The minimum atomic E-state index is -3.57. The summed E-state index contributed by atoms with van der Waals surface area (Å²) in [5.74, 6) is 0.252. The van der Waals surface area contributed by atoms with Crippen LogP contribution in [-0.4, -0.2) is 79.3 Å². The highest BCUT2D eigenvalue weighted by Gasteiger charge is 2.26. The molecular weight excluding hydrogens is 542 g/mol.